The van der Waals surface area contributed by atoms with Crippen molar-refractivity contribution in [2.24, 2.45) is 0 Å². The summed E-state index contributed by atoms with van der Waals surface area (Å²) in [5, 5.41) is 11.5. The number of hydrogen-bond donors (Lipinski definition) is 1. The first-order valence-corrected chi connectivity index (χ1v) is 8.67. The Balaban J connectivity index is 1.77. The number of aliphatic hydroxyl groups is 1. The summed E-state index contributed by atoms with van der Waals surface area (Å²) >= 11 is 7.60. The molecule has 0 unspecified atom stereocenters. The number of thiazole rings is 1. The number of imidazole rings is 1. The van der Waals surface area contributed by atoms with E-state index in [1.54, 1.807) is 11.0 Å². The number of fused-ring (bicyclic) bond motifs is 1. The first-order valence-electron chi connectivity index (χ1n) is 7.42. The van der Waals surface area contributed by atoms with Crippen LogP contribution in [0.1, 0.15) is 11.3 Å². The molecule has 0 fully saturated rings. The molecule has 0 bridgehead atoms. The van der Waals surface area contributed by atoms with Gasteiger partial charge in [-0.05, 0) is 11.6 Å². The van der Waals surface area contributed by atoms with Gasteiger partial charge in [-0.3, -0.25) is 9.20 Å². The Bertz CT molecular complexity index is 857. The van der Waals surface area contributed by atoms with Gasteiger partial charge in [0.1, 0.15) is 0 Å². The van der Waals surface area contributed by atoms with E-state index < -0.39 is 0 Å². The molecule has 0 aliphatic heterocycles. The molecule has 1 N–H and O–H groups in total. The fourth-order valence-electron chi connectivity index (χ4n) is 2.37. The number of aromatic nitrogens is 2. The predicted molar refractivity (Wildman–Crippen MR) is 96.1 cm³/mol. The average Bonchev–Trinajstić information content (AvgIpc) is 3.14. The summed E-state index contributed by atoms with van der Waals surface area (Å²) in [7, 11) is 0. The lowest BCUT2D eigenvalue weighted by Gasteiger charge is -2.20. The van der Waals surface area contributed by atoms with Crippen molar-refractivity contribution in [2.75, 3.05) is 13.2 Å². The number of amides is 1. The van der Waals surface area contributed by atoms with Crippen molar-refractivity contribution < 1.29 is 9.90 Å². The van der Waals surface area contributed by atoms with Crippen molar-refractivity contribution in [1.29, 1.82) is 0 Å². The second kappa shape index (κ2) is 7.61. The van der Waals surface area contributed by atoms with E-state index >= 15 is 0 Å². The molecule has 3 aromatic rings. The van der Waals surface area contributed by atoms with E-state index in [2.05, 4.69) is 4.98 Å². The number of halogens is 1. The van der Waals surface area contributed by atoms with Crippen LogP contribution >= 0.6 is 22.9 Å². The zero-order chi connectivity index (χ0) is 16.9. The minimum absolute atomic E-state index is 0.0887. The molecule has 0 radical (unpaired) electrons. The van der Waals surface area contributed by atoms with Crippen molar-refractivity contribution in [1.82, 2.24) is 14.3 Å². The number of hydrogen-bond acceptors (Lipinski definition) is 4. The third kappa shape index (κ3) is 3.67. The fourth-order valence-corrected chi connectivity index (χ4v) is 3.38. The van der Waals surface area contributed by atoms with E-state index in [1.807, 2.05) is 46.3 Å². The number of aliphatic hydroxyl groups excluding tert-OH is 1. The molecular formula is C17H16ClN3O2S. The quantitative estimate of drug-likeness (QED) is 0.686. The van der Waals surface area contributed by atoms with Crippen LogP contribution in [0.2, 0.25) is 5.15 Å². The van der Waals surface area contributed by atoms with Crippen LogP contribution in [0, 0.1) is 0 Å². The lowest BCUT2D eigenvalue weighted by Crippen LogP contribution is -2.31. The molecule has 0 saturated heterocycles. The zero-order valence-electron chi connectivity index (χ0n) is 12.8. The molecule has 2 aromatic heterocycles. The third-order valence-corrected chi connectivity index (χ3v) is 4.57. The Morgan fingerprint density at radius 2 is 2.17 bits per heavy atom. The lowest BCUT2D eigenvalue weighted by atomic mass is 10.2. The van der Waals surface area contributed by atoms with Crippen molar-refractivity contribution in [3.05, 3.63) is 64.4 Å². The van der Waals surface area contributed by atoms with E-state index in [1.165, 1.54) is 17.4 Å². The van der Waals surface area contributed by atoms with Gasteiger partial charge in [0, 0.05) is 30.7 Å². The third-order valence-electron chi connectivity index (χ3n) is 3.54. The average molecular weight is 362 g/mol. The molecule has 1 aromatic carbocycles. The van der Waals surface area contributed by atoms with E-state index in [4.69, 9.17) is 11.6 Å². The Morgan fingerprint density at radius 3 is 2.92 bits per heavy atom. The molecule has 3 rings (SSSR count). The van der Waals surface area contributed by atoms with E-state index in [0.29, 0.717) is 17.4 Å². The highest BCUT2D eigenvalue weighted by atomic mass is 35.5. The number of benzene rings is 1. The first-order chi connectivity index (χ1) is 11.7. The Labute approximate surface area is 148 Å². The molecule has 0 atom stereocenters. The van der Waals surface area contributed by atoms with Crippen molar-refractivity contribution in [3.8, 4) is 0 Å². The standard InChI is InChI=1S/C17H16ClN3O2S/c18-16-14(21-9-11-24-17(21)19-16)6-7-15(23)20(8-10-22)12-13-4-2-1-3-5-13/h1-7,9,11,22H,8,10,12H2/b7-6+. The van der Waals surface area contributed by atoms with Gasteiger partial charge in [-0.2, -0.15) is 0 Å². The Kier molecular flexibility index (Phi) is 5.30. The highest BCUT2D eigenvalue weighted by Gasteiger charge is 2.13. The van der Waals surface area contributed by atoms with Crippen LogP contribution in [0.5, 0.6) is 0 Å². The van der Waals surface area contributed by atoms with Gasteiger partial charge < -0.3 is 10.0 Å². The van der Waals surface area contributed by atoms with Crippen LogP contribution < -0.4 is 0 Å². The van der Waals surface area contributed by atoms with Crippen LogP contribution in [0.3, 0.4) is 0 Å². The van der Waals surface area contributed by atoms with Gasteiger partial charge >= 0.3 is 0 Å². The van der Waals surface area contributed by atoms with Crippen LogP contribution in [0.15, 0.2) is 48.0 Å². The fraction of sp³-hybridized carbons (Fsp3) is 0.176. The summed E-state index contributed by atoms with van der Waals surface area (Å²) in [6.45, 7) is 0.624. The smallest absolute Gasteiger partial charge is 0.247 e. The van der Waals surface area contributed by atoms with Crippen LogP contribution in [0.25, 0.3) is 11.0 Å². The Morgan fingerprint density at radius 1 is 1.38 bits per heavy atom. The van der Waals surface area contributed by atoms with E-state index in [0.717, 1.165) is 10.5 Å². The first kappa shape index (κ1) is 16.7. The van der Waals surface area contributed by atoms with E-state index in [9.17, 15) is 9.90 Å². The molecule has 0 aliphatic rings. The topological polar surface area (TPSA) is 57.8 Å². The minimum atomic E-state index is -0.186. The highest BCUT2D eigenvalue weighted by molar-refractivity contribution is 7.15. The van der Waals surface area contributed by atoms with Crippen LogP contribution in [0.4, 0.5) is 0 Å². The normalized spacial score (nSPS) is 11.4. The lowest BCUT2D eigenvalue weighted by molar-refractivity contribution is -0.127. The highest BCUT2D eigenvalue weighted by Crippen LogP contribution is 2.22. The molecule has 0 saturated carbocycles. The molecular weight excluding hydrogens is 346 g/mol. The summed E-state index contributed by atoms with van der Waals surface area (Å²) in [5.74, 6) is -0.186. The number of nitrogens with zero attached hydrogens (tertiary/aromatic N) is 3. The van der Waals surface area contributed by atoms with E-state index in [-0.39, 0.29) is 19.1 Å². The number of carbonyl (C=O) groups is 1. The summed E-state index contributed by atoms with van der Waals surface area (Å²) in [4.78, 5) is 19.1. The summed E-state index contributed by atoms with van der Waals surface area (Å²) in [5.41, 5.74) is 1.68. The van der Waals surface area contributed by atoms with Crippen LogP contribution in [-0.2, 0) is 11.3 Å². The van der Waals surface area contributed by atoms with Crippen LogP contribution in [-0.4, -0.2) is 38.4 Å². The van der Waals surface area contributed by atoms with Gasteiger partial charge in [-0.15, -0.1) is 11.3 Å². The molecule has 24 heavy (non-hydrogen) atoms. The molecule has 0 aliphatic carbocycles. The monoisotopic (exact) mass is 361 g/mol. The minimum Gasteiger partial charge on any atom is -0.395 e. The number of carbonyl (C=O) groups excluding carboxylic acids is 1. The zero-order valence-corrected chi connectivity index (χ0v) is 14.4. The van der Waals surface area contributed by atoms with Gasteiger partial charge in [-0.25, -0.2) is 4.98 Å². The van der Waals surface area contributed by atoms with Gasteiger partial charge in [0.25, 0.3) is 0 Å². The summed E-state index contributed by atoms with van der Waals surface area (Å²) < 4.78 is 1.84. The second-order valence-electron chi connectivity index (χ2n) is 5.15. The van der Waals surface area contributed by atoms with Gasteiger partial charge in [0.15, 0.2) is 10.1 Å². The molecule has 5 nitrogen and oxygen atoms in total. The van der Waals surface area contributed by atoms with Gasteiger partial charge in [0.05, 0.1) is 12.3 Å². The Hall–Kier alpha value is -2.15. The van der Waals surface area contributed by atoms with Crippen molar-refractivity contribution >= 4 is 39.9 Å². The van der Waals surface area contributed by atoms with Crippen molar-refractivity contribution in [3.63, 3.8) is 0 Å². The largest absolute Gasteiger partial charge is 0.395 e. The molecule has 7 heteroatoms. The summed E-state index contributed by atoms with van der Waals surface area (Å²) in [6, 6.07) is 9.67. The molecule has 2 heterocycles. The predicted octanol–water partition coefficient (Wildman–Crippen LogP) is 3.08. The SMILES string of the molecule is O=C(/C=C/c1c(Cl)nc2sccn12)N(CCO)Cc1ccccc1. The summed E-state index contributed by atoms with van der Waals surface area (Å²) in [6.07, 6.45) is 4.98. The second-order valence-corrected chi connectivity index (χ2v) is 6.38. The van der Waals surface area contributed by atoms with Gasteiger partial charge in [0.2, 0.25) is 5.91 Å². The maximum atomic E-state index is 12.5. The van der Waals surface area contributed by atoms with Gasteiger partial charge in [-0.1, -0.05) is 41.9 Å². The molecule has 1 amide bonds. The maximum absolute atomic E-state index is 12.5. The molecule has 124 valence electrons. The van der Waals surface area contributed by atoms with Crippen molar-refractivity contribution in [2.45, 2.75) is 6.54 Å². The number of rotatable bonds is 6. The molecule has 0 spiro atoms. The maximum Gasteiger partial charge on any atom is 0.247 e.